The van der Waals surface area contributed by atoms with E-state index in [0.717, 1.165) is 42.9 Å². The summed E-state index contributed by atoms with van der Waals surface area (Å²) in [5, 5.41) is 20.1. The third-order valence-corrected chi connectivity index (χ3v) is 5.56. The Kier molecular flexibility index (Phi) is 4.95. The Bertz CT molecular complexity index is 1220. The van der Waals surface area contributed by atoms with Gasteiger partial charge in [-0.15, -0.1) is 10.2 Å². The van der Waals surface area contributed by atoms with Crippen LogP contribution in [0.5, 0.6) is 5.75 Å². The molecule has 0 bridgehead atoms. The SMILES string of the molecule is CN1CCN(c2nc(-c3nnc(Cc4ccc(F)cc4)[nH]3)c(O)c3ncccc23)CC1. The summed E-state index contributed by atoms with van der Waals surface area (Å²) >= 11 is 0. The van der Waals surface area contributed by atoms with E-state index >= 15 is 0 Å². The zero-order chi connectivity index (χ0) is 21.4. The number of benzene rings is 1. The molecule has 1 fully saturated rings. The summed E-state index contributed by atoms with van der Waals surface area (Å²) in [6.07, 6.45) is 2.12. The molecule has 1 aromatic carbocycles. The summed E-state index contributed by atoms with van der Waals surface area (Å²) < 4.78 is 13.2. The Morgan fingerprint density at radius 1 is 1.06 bits per heavy atom. The van der Waals surface area contributed by atoms with Crippen LogP contribution in [-0.4, -0.2) is 68.4 Å². The average Bonchev–Trinajstić information content (AvgIpc) is 3.25. The quantitative estimate of drug-likeness (QED) is 0.525. The Morgan fingerprint density at radius 2 is 1.84 bits per heavy atom. The number of aromatic amines is 1. The van der Waals surface area contributed by atoms with Crippen molar-refractivity contribution in [3.8, 4) is 17.3 Å². The molecule has 0 amide bonds. The normalized spacial score (nSPS) is 15.0. The first-order chi connectivity index (χ1) is 15.1. The molecule has 31 heavy (non-hydrogen) atoms. The summed E-state index contributed by atoms with van der Waals surface area (Å²) in [7, 11) is 2.10. The van der Waals surface area contributed by atoms with Gasteiger partial charge in [0.05, 0.1) is 0 Å². The van der Waals surface area contributed by atoms with Crippen molar-refractivity contribution in [1.82, 2.24) is 30.0 Å². The highest BCUT2D eigenvalue weighted by molar-refractivity contribution is 5.97. The van der Waals surface area contributed by atoms with Gasteiger partial charge in [0.1, 0.15) is 23.0 Å². The van der Waals surface area contributed by atoms with Gasteiger partial charge < -0.3 is 19.9 Å². The third-order valence-electron chi connectivity index (χ3n) is 5.56. The van der Waals surface area contributed by atoms with Gasteiger partial charge >= 0.3 is 0 Å². The highest BCUT2D eigenvalue weighted by atomic mass is 19.1. The molecule has 1 aliphatic rings. The van der Waals surface area contributed by atoms with Gasteiger partial charge in [0, 0.05) is 44.2 Å². The van der Waals surface area contributed by atoms with Gasteiger partial charge in [-0.25, -0.2) is 9.37 Å². The number of fused-ring (bicyclic) bond motifs is 1. The third kappa shape index (κ3) is 3.79. The lowest BCUT2D eigenvalue weighted by molar-refractivity contribution is 0.312. The van der Waals surface area contributed by atoms with E-state index in [0.29, 0.717) is 29.3 Å². The molecule has 158 valence electrons. The van der Waals surface area contributed by atoms with Gasteiger partial charge in [-0.2, -0.15) is 0 Å². The summed E-state index contributed by atoms with van der Waals surface area (Å²) in [5.74, 6) is 1.44. The molecule has 9 heteroatoms. The van der Waals surface area contributed by atoms with E-state index in [1.54, 1.807) is 18.3 Å². The fraction of sp³-hybridized carbons (Fsp3) is 0.273. The zero-order valence-electron chi connectivity index (χ0n) is 17.1. The molecule has 4 heterocycles. The molecular formula is C22H22FN7O. The van der Waals surface area contributed by atoms with Crippen LogP contribution >= 0.6 is 0 Å². The van der Waals surface area contributed by atoms with Crippen LogP contribution in [0.4, 0.5) is 10.2 Å². The number of pyridine rings is 2. The molecule has 0 unspecified atom stereocenters. The topological polar surface area (TPSA) is 94.1 Å². The molecule has 4 aromatic rings. The molecule has 1 aliphatic heterocycles. The first kappa shape index (κ1) is 19.4. The molecule has 1 saturated heterocycles. The Labute approximate surface area is 178 Å². The van der Waals surface area contributed by atoms with E-state index in [2.05, 4.69) is 37.0 Å². The van der Waals surface area contributed by atoms with Crippen molar-refractivity contribution in [3.63, 3.8) is 0 Å². The molecular weight excluding hydrogens is 397 g/mol. The van der Waals surface area contributed by atoms with Crippen LogP contribution in [0.2, 0.25) is 0 Å². The standard InChI is InChI=1S/C22H22FN7O/c1-29-9-11-30(12-10-29)22-16-3-2-8-24-18(16)20(31)19(26-22)21-25-17(27-28-21)13-14-4-6-15(23)7-5-14/h2-8,31H,9-13H2,1H3,(H,25,27,28). The number of hydrogen-bond donors (Lipinski definition) is 2. The van der Waals surface area contributed by atoms with Crippen LogP contribution in [0.3, 0.4) is 0 Å². The highest BCUT2D eigenvalue weighted by Gasteiger charge is 2.23. The fourth-order valence-corrected chi connectivity index (χ4v) is 3.81. The summed E-state index contributed by atoms with van der Waals surface area (Å²) in [5.41, 5.74) is 1.70. The van der Waals surface area contributed by atoms with E-state index in [4.69, 9.17) is 4.98 Å². The molecule has 3 aromatic heterocycles. The number of H-pyrrole nitrogens is 1. The van der Waals surface area contributed by atoms with Crippen molar-refractivity contribution in [2.75, 3.05) is 38.1 Å². The van der Waals surface area contributed by atoms with Crippen molar-refractivity contribution in [1.29, 1.82) is 0 Å². The maximum atomic E-state index is 13.2. The Morgan fingerprint density at radius 3 is 2.61 bits per heavy atom. The number of hydrogen-bond acceptors (Lipinski definition) is 7. The van der Waals surface area contributed by atoms with Crippen LogP contribution in [0.15, 0.2) is 42.6 Å². The summed E-state index contributed by atoms with van der Waals surface area (Å²) in [6.45, 7) is 3.54. The van der Waals surface area contributed by atoms with E-state index in [1.807, 2.05) is 12.1 Å². The monoisotopic (exact) mass is 419 g/mol. The lowest BCUT2D eigenvalue weighted by atomic mass is 10.1. The van der Waals surface area contributed by atoms with Crippen LogP contribution in [0, 0.1) is 5.82 Å². The minimum absolute atomic E-state index is 0.0297. The van der Waals surface area contributed by atoms with Crippen LogP contribution < -0.4 is 4.90 Å². The smallest absolute Gasteiger partial charge is 0.184 e. The number of nitrogens with zero attached hydrogens (tertiary/aromatic N) is 6. The van der Waals surface area contributed by atoms with Crippen LogP contribution in [0.25, 0.3) is 22.4 Å². The minimum atomic E-state index is -0.281. The number of aromatic hydroxyl groups is 1. The minimum Gasteiger partial charge on any atom is -0.504 e. The van der Waals surface area contributed by atoms with Crippen molar-refractivity contribution in [2.24, 2.45) is 0 Å². The second-order valence-electron chi connectivity index (χ2n) is 7.75. The first-order valence-corrected chi connectivity index (χ1v) is 10.2. The first-order valence-electron chi connectivity index (χ1n) is 10.2. The van der Waals surface area contributed by atoms with Crippen LogP contribution in [-0.2, 0) is 6.42 Å². The largest absolute Gasteiger partial charge is 0.504 e. The number of nitrogens with one attached hydrogen (secondary N) is 1. The molecule has 8 nitrogen and oxygen atoms in total. The second-order valence-corrected chi connectivity index (χ2v) is 7.75. The lowest BCUT2D eigenvalue weighted by Crippen LogP contribution is -2.44. The number of aromatic nitrogens is 5. The van der Waals surface area contributed by atoms with E-state index in [1.165, 1.54) is 12.1 Å². The van der Waals surface area contributed by atoms with E-state index in [-0.39, 0.29) is 11.6 Å². The average molecular weight is 419 g/mol. The number of piperazine rings is 1. The molecule has 2 N–H and O–H groups in total. The predicted molar refractivity (Wildman–Crippen MR) is 115 cm³/mol. The molecule has 0 radical (unpaired) electrons. The van der Waals surface area contributed by atoms with Gasteiger partial charge in [-0.1, -0.05) is 12.1 Å². The molecule has 0 atom stereocenters. The van der Waals surface area contributed by atoms with Crippen molar-refractivity contribution >= 4 is 16.7 Å². The second kappa shape index (κ2) is 7.92. The van der Waals surface area contributed by atoms with E-state index in [9.17, 15) is 9.50 Å². The molecule has 0 saturated carbocycles. The summed E-state index contributed by atoms with van der Waals surface area (Å²) in [6, 6.07) is 10.0. The Hall–Kier alpha value is -3.59. The number of anilines is 1. The molecule has 5 rings (SSSR count). The van der Waals surface area contributed by atoms with Gasteiger partial charge in [0.15, 0.2) is 17.3 Å². The number of halogens is 1. The maximum Gasteiger partial charge on any atom is 0.184 e. The lowest BCUT2D eigenvalue weighted by Gasteiger charge is -2.34. The van der Waals surface area contributed by atoms with Crippen molar-refractivity contribution < 1.29 is 9.50 Å². The van der Waals surface area contributed by atoms with Crippen LogP contribution in [0.1, 0.15) is 11.4 Å². The Balaban J connectivity index is 1.53. The van der Waals surface area contributed by atoms with E-state index < -0.39 is 0 Å². The molecule has 0 spiro atoms. The number of likely N-dealkylation sites (N-methyl/N-ethyl adjacent to an activating group) is 1. The fourth-order valence-electron chi connectivity index (χ4n) is 3.81. The molecule has 0 aliphatic carbocycles. The van der Waals surface area contributed by atoms with Crippen molar-refractivity contribution in [3.05, 3.63) is 59.8 Å². The predicted octanol–water partition coefficient (Wildman–Crippen LogP) is 2.60. The van der Waals surface area contributed by atoms with Gasteiger partial charge in [-0.3, -0.25) is 4.98 Å². The van der Waals surface area contributed by atoms with Crippen molar-refractivity contribution in [2.45, 2.75) is 6.42 Å². The van der Waals surface area contributed by atoms with Gasteiger partial charge in [0.25, 0.3) is 0 Å². The highest BCUT2D eigenvalue weighted by Crippen LogP contribution is 2.36. The zero-order valence-corrected chi connectivity index (χ0v) is 17.1. The van der Waals surface area contributed by atoms with Gasteiger partial charge in [0.2, 0.25) is 0 Å². The van der Waals surface area contributed by atoms with Gasteiger partial charge in [-0.05, 0) is 36.9 Å². The number of rotatable bonds is 4. The summed E-state index contributed by atoms with van der Waals surface area (Å²) in [4.78, 5) is 16.8. The maximum absolute atomic E-state index is 13.2.